The van der Waals surface area contributed by atoms with Crippen molar-refractivity contribution >= 4 is 28.8 Å². The molecule has 8 nitrogen and oxygen atoms in total. The van der Waals surface area contributed by atoms with Gasteiger partial charge in [0.05, 0.1) is 0 Å². The Morgan fingerprint density at radius 2 is 1.85 bits per heavy atom. The van der Waals surface area contributed by atoms with E-state index in [1.165, 1.54) is 24.2 Å². The highest BCUT2D eigenvalue weighted by atomic mass is 32.1. The predicted molar refractivity (Wildman–Crippen MR) is 132 cm³/mol. The van der Waals surface area contributed by atoms with Crippen LogP contribution in [0.4, 0.5) is 5.69 Å². The van der Waals surface area contributed by atoms with E-state index >= 15 is 0 Å². The van der Waals surface area contributed by atoms with Crippen LogP contribution in [0.1, 0.15) is 50.0 Å². The third-order valence-electron chi connectivity index (χ3n) is 5.56. The van der Waals surface area contributed by atoms with Crippen LogP contribution in [-0.4, -0.2) is 53.1 Å². The molecule has 2 aromatic carbocycles. The first-order chi connectivity index (χ1) is 16.6. The second-order valence-corrected chi connectivity index (χ2v) is 9.36. The maximum Gasteiger partial charge on any atom is 0.286 e. The highest BCUT2D eigenvalue weighted by Gasteiger charge is 2.15. The lowest BCUT2D eigenvalue weighted by Gasteiger charge is -2.14. The highest BCUT2D eigenvalue weighted by molar-refractivity contribution is 7.13. The van der Waals surface area contributed by atoms with Crippen LogP contribution in [0.5, 0.6) is 5.75 Å². The topological polar surface area (TPSA) is 96.5 Å². The SMILES string of the molecule is Cc1ccc(OCc2nnc(C(=O)Nc3cccc(C(=O)NCCCN4CCCC4)c3)s2)cc1. The van der Waals surface area contributed by atoms with Gasteiger partial charge in [-0.2, -0.15) is 0 Å². The minimum Gasteiger partial charge on any atom is -0.486 e. The Balaban J connectivity index is 1.25. The number of rotatable bonds is 10. The summed E-state index contributed by atoms with van der Waals surface area (Å²) in [5.41, 5.74) is 2.19. The average molecular weight is 480 g/mol. The number of amides is 2. The Kier molecular flexibility index (Phi) is 8.21. The summed E-state index contributed by atoms with van der Waals surface area (Å²) < 4.78 is 5.70. The van der Waals surface area contributed by atoms with Crippen LogP contribution in [0, 0.1) is 6.92 Å². The van der Waals surface area contributed by atoms with E-state index in [-0.39, 0.29) is 23.4 Å². The lowest BCUT2D eigenvalue weighted by Crippen LogP contribution is -2.28. The molecule has 2 amide bonds. The zero-order valence-corrected chi connectivity index (χ0v) is 20.1. The van der Waals surface area contributed by atoms with Gasteiger partial charge in [0.25, 0.3) is 11.8 Å². The minimum atomic E-state index is -0.373. The quantitative estimate of drug-likeness (QED) is 0.428. The van der Waals surface area contributed by atoms with Crippen LogP contribution < -0.4 is 15.4 Å². The number of hydrogen-bond donors (Lipinski definition) is 2. The first kappa shape index (κ1) is 23.8. The normalized spacial score (nSPS) is 13.6. The van der Waals surface area contributed by atoms with Crippen LogP contribution in [0.15, 0.2) is 48.5 Å². The van der Waals surface area contributed by atoms with Crippen molar-refractivity contribution in [3.8, 4) is 5.75 Å². The Labute approximate surface area is 203 Å². The molecule has 1 fully saturated rings. The molecular weight excluding hydrogens is 450 g/mol. The summed E-state index contributed by atoms with van der Waals surface area (Å²) in [4.78, 5) is 27.5. The second-order valence-electron chi connectivity index (χ2n) is 8.30. The van der Waals surface area contributed by atoms with Gasteiger partial charge in [-0.3, -0.25) is 9.59 Å². The van der Waals surface area contributed by atoms with Crippen molar-refractivity contribution in [2.75, 3.05) is 31.5 Å². The summed E-state index contributed by atoms with van der Waals surface area (Å²) in [6.45, 7) is 6.21. The van der Waals surface area contributed by atoms with E-state index in [1.54, 1.807) is 24.3 Å². The van der Waals surface area contributed by atoms with Crippen molar-refractivity contribution in [2.45, 2.75) is 32.8 Å². The van der Waals surface area contributed by atoms with Gasteiger partial charge in [-0.15, -0.1) is 10.2 Å². The number of carbonyl (C=O) groups excluding carboxylic acids is 2. The van der Waals surface area contributed by atoms with Crippen LogP contribution in [0.3, 0.4) is 0 Å². The van der Waals surface area contributed by atoms with Gasteiger partial charge in [0.2, 0.25) is 5.01 Å². The molecule has 2 N–H and O–H groups in total. The molecule has 1 aliphatic rings. The highest BCUT2D eigenvalue weighted by Crippen LogP contribution is 2.18. The molecular formula is C25H29N5O3S. The number of hydrogen-bond acceptors (Lipinski definition) is 7. The van der Waals surface area contributed by atoms with E-state index in [0.717, 1.165) is 37.4 Å². The van der Waals surface area contributed by atoms with Gasteiger partial charge < -0.3 is 20.3 Å². The number of carbonyl (C=O) groups is 2. The molecule has 178 valence electrons. The van der Waals surface area contributed by atoms with E-state index in [9.17, 15) is 9.59 Å². The molecule has 3 aromatic rings. The molecule has 1 aliphatic heterocycles. The van der Waals surface area contributed by atoms with Crippen LogP contribution in [0.2, 0.25) is 0 Å². The van der Waals surface area contributed by atoms with Gasteiger partial charge in [-0.1, -0.05) is 35.1 Å². The van der Waals surface area contributed by atoms with Crippen molar-refractivity contribution in [1.29, 1.82) is 0 Å². The summed E-state index contributed by atoms with van der Waals surface area (Å²) in [5.74, 6) is 0.212. The molecule has 4 rings (SSSR count). The predicted octanol–water partition coefficient (Wildman–Crippen LogP) is 3.89. The van der Waals surface area contributed by atoms with E-state index in [2.05, 4.69) is 25.7 Å². The maximum atomic E-state index is 12.6. The number of aryl methyl sites for hydroxylation is 1. The number of benzene rings is 2. The van der Waals surface area contributed by atoms with Crippen LogP contribution >= 0.6 is 11.3 Å². The molecule has 0 atom stereocenters. The first-order valence-corrected chi connectivity index (χ1v) is 12.3. The van der Waals surface area contributed by atoms with Crippen molar-refractivity contribution in [2.24, 2.45) is 0 Å². The average Bonchev–Trinajstić information content (AvgIpc) is 3.54. The summed E-state index contributed by atoms with van der Waals surface area (Å²) in [5, 5.41) is 14.6. The van der Waals surface area contributed by atoms with Crippen molar-refractivity contribution in [3.63, 3.8) is 0 Å². The summed E-state index contributed by atoms with van der Waals surface area (Å²) in [6, 6.07) is 14.6. The first-order valence-electron chi connectivity index (χ1n) is 11.5. The Hall–Kier alpha value is -3.30. The van der Waals surface area contributed by atoms with Crippen LogP contribution in [-0.2, 0) is 6.61 Å². The van der Waals surface area contributed by atoms with Gasteiger partial charge in [0, 0.05) is 17.8 Å². The molecule has 0 aliphatic carbocycles. The summed E-state index contributed by atoms with van der Waals surface area (Å²) >= 11 is 1.17. The van der Waals surface area contributed by atoms with Gasteiger partial charge in [-0.05, 0) is 76.2 Å². The van der Waals surface area contributed by atoms with Gasteiger partial charge in [-0.25, -0.2) is 0 Å². The largest absolute Gasteiger partial charge is 0.486 e. The molecule has 34 heavy (non-hydrogen) atoms. The van der Waals surface area contributed by atoms with Crippen molar-refractivity contribution < 1.29 is 14.3 Å². The van der Waals surface area contributed by atoms with Crippen molar-refractivity contribution in [3.05, 3.63) is 69.7 Å². The zero-order chi connectivity index (χ0) is 23.8. The smallest absolute Gasteiger partial charge is 0.286 e. The van der Waals surface area contributed by atoms with Gasteiger partial charge in [0.1, 0.15) is 12.4 Å². The number of ether oxygens (including phenoxy) is 1. The molecule has 0 saturated carbocycles. The Morgan fingerprint density at radius 3 is 2.65 bits per heavy atom. The standard InChI is InChI=1S/C25H29N5O3S/c1-18-8-10-21(11-9-18)33-17-22-28-29-25(34-22)24(32)27-20-7-4-6-19(16-20)23(31)26-12-5-15-30-13-2-3-14-30/h4,6-11,16H,2-3,5,12-15,17H2,1H3,(H,26,31)(H,27,32). The van der Waals surface area contributed by atoms with E-state index < -0.39 is 0 Å². The molecule has 1 aromatic heterocycles. The third-order valence-corrected chi connectivity index (χ3v) is 6.46. The van der Waals surface area contributed by atoms with Gasteiger partial charge >= 0.3 is 0 Å². The second kappa shape index (κ2) is 11.7. The minimum absolute atomic E-state index is 0.149. The number of nitrogens with one attached hydrogen (secondary N) is 2. The number of anilines is 1. The summed E-state index contributed by atoms with van der Waals surface area (Å²) in [6.07, 6.45) is 3.46. The number of nitrogens with zero attached hydrogens (tertiary/aromatic N) is 3. The lowest BCUT2D eigenvalue weighted by molar-refractivity contribution is 0.0950. The van der Waals surface area contributed by atoms with E-state index in [0.29, 0.717) is 22.8 Å². The van der Waals surface area contributed by atoms with E-state index in [1.807, 2.05) is 31.2 Å². The van der Waals surface area contributed by atoms with Crippen molar-refractivity contribution in [1.82, 2.24) is 20.4 Å². The number of likely N-dealkylation sites (tertiary alicyclic amines) is 1. The van der Waals surface area contributed by atoms with Crippen LogP contribution in [0.25, 0.3) is 0 Å². The van der Waals surface area contributed by atoms with E-state index in [4.69, 9.17) is 4.74 Å². The lowest BCUT2D eigenvalue weighted by atomic mass is 10.2. The molecule has 0 radical (unpaired) electrons. The zero-order valence-electron chi connectivity index (χ0n) is 19.3. The van der Waals surface area contributed by atoms with Gasteiger partial charge in [0.15, 0.2) is 5.01 Å². The third kappa shape index (κ3) is 6.85. The molecule has 0 unspecified atom stereocenters. The molecule has 0 spiro atoms. The Morgan fingerprint density at radius 1 is 1.06 bits per heavy atom. The summed E-state index contributed by atoms with van der Waals surface area (Å²) in [7, 11) is 0. The molecule has 0 bridgehead atoms. The number of aromatic nitrogens is 2. The Bertz CT molecular complexity index is 1110. The maximum absolute atomic E-state index is 12.6. The molecule has 1 saturated heterocycles. The fourth-order valence-electron chi connectivity index (χ4n) is 3.72. The molecule has 9 heteroatoms. The molecule has 2 heterocycles. The fourth-order valence-corrected chi connectivity index (χ4v) is 4.37. The fraction of sp³-hybridized carbons (Fsp3) is 0.360. The monoisotopic (exact) mass is 479 g/mol.